The van der Waals surface area contributed by atoms with E-state index in [4.69, 9.17) is 9.47 Å². The minimum absolute atomic E-state index is 0.00579. The summed E-state index contributed by atoms with van der Waals surface area (Å²) in [6, 6.07) is 33.2. The highest BCUT2D eigenvalue weighted by Crippen LogP contribution is 2.38. The lowest BCUT2D eigenvalue weighted by atomic mass is 9.92. The monoisotopic (exact) mass is 661 g/mol. The van der Waals surface area contributed by atoms with E-state index in [0.29, 0.717) is 41.8 Å². The molecule has 258 valence electrons. The summed E-state index contributed by atoms with van der Waals surface area (Å²) in [7, 11) is 4.07. The molecule has 1 heterocycles. The summed E-state index contributed by atoms with van der Waals surface area (Å²) in [5.41, 5.74) is 6.43. The van der Waals surface area contributed by atoms with Crippen molar-refractivity contribution in [3.8, 4) is 11.5 Å². The van der Waals surface area contributed by atoms with Gasteiger partial charge in [0.15, 0.2) is 5.78 Å². The van der Waals surface area contributed by atoms with Gasteiger partial charge in [0.05, 0.1) is 20.7 Å². The molecule has 0 aromatic heterocycles. The maximum Gasteiger partial charge on any atom is 0.305 e. The zero-order chi connectivity index (χ0) is 35.1. The molecule has 0 atom stereocenters. The number of unbranched alkanes of at least 4 members (excludes halogenated alkanes) is 5. The number of allylic oxidation sites excluding steroid dienone is 1. The Balaban J connectivity index is 0.00000265. The van der Waals surface area contributed by atoms with Crippen LogP contribution >= 0.6 is 0 Å². The molecule has 1 N–H and O–H groups in total. The molecule has 1 amide bonds. The van der Waals surface area contributed by atoms with Crippen molar-refractivity contribution in [3.63, 3.8) is 0 Å². The van der Waals surface area contributed by atoms with Gasteiger partial charge in [-0.3, -0.25) is 14.1 Å². The van der Waals surface area contributed by atoms with Gasteiger partial charge in [0.2, 0.25) is 5.70 Å². The van der Waals surface area contributed by atoms with E-state index in [0.717, 1.165) is 78.1 Å². The van der Waals surface area contributed by atoms with Crippen molar-refractivity contribution in [3.05, 3.63) is 137 Å². The summed E-state index contributed by atoms with van der Waals surface area (Å²) < 4.78 is 12.1. The minimum Gasteiger partial charge on any atom is -0.494 e. The number of benzene rings is 4. The van der Waals surface area contributed by atoms with Gasteiger partial charge in [-0.1, -0.05) is 112 Å². The number of ether oxygens (including phenoxy) is 2. The van der Waals surface area contributed by atoms with Gasteiger partial charge in [-0.15, -0.1) is 0 Å². The Labute approximate surface area is 293 Å². The molecule has 0 unspecified atom stereocenters. The lowest BCUT2D eigenvalue weighted by Gasteiger charge is -2.36. The molecule has 0 aliphatic carbocycles. The van der Waals surface area contributed by atoms with Crippen LogP contribution in [0.15, 0.2) is 114 Å². The van der Waals surface area contributed by atoms with Crippen LogP contribution < -0.4 is 19.3 Å². The number of ketones is 1. The molecular formula is C43H53N2O4+. The highest BCUT2D eigenvalue weighted by Gasteiger charge is 2.39. The smallest absolute Gasteiger partial charge is 0.305 e. The molecule has 6 heteroatoms. The average molecular weight is 662 g/mol. The largest absolute Gasteiger partial charge is 0.494 e. The number of likely N-dealkylation sites (N-methyl/N-ethyl adjacent to an activating group) is 1. The van der Waals surface area contributed by atoms with Gasteiger partial charge in [0.1, 0.15) is 23.8 Å². The first-order chi connectivity index (χ1) is 23.8. The lowest BCUT2D eigenvalue weighted by Crippen LogP contribution is -2.49. The number of fused-ring (bicyclic) bond motifs is 1. The molecule has 4 aromatic carbocycles. The van der Waals surface area contributed by atoms with Gasteiger partial charge in [0, 0.05) is 35.7 Å². The molecule has 6 nitrogen and oxygen atoms in total. The van der Waals surface area contributed by atoms with Crippen LogP contribution in [-0.4, -0.2) is 38.9 Å². The normalized spacial score (nSPS) is 13.1. The average Bonchev–Trinajstić information content (AvgIpc) is 3.13. The van der Waals surface area contributed by atoms with E-state index in [-0.39, 0.29) is 11.7 Å². The van der Waals surface area contributed by atoms with Crippen molar-refractivity contribution < 1.29 is 19.1 Å². The first kappa shape index (κ1) is 37.1. The van der Waals surface area contributed by atoms with Gasteiger partial charge in [-0.25, -0.2) is 0 Å². The fourth-order valence-corrected chi connectivity index (χ4v) is 6.33. The fraction of sp³-hybridized carbons (Fsp3) is 0.349. The van der Waals surface area contributed by atoms with Gasteiger partial charge in [-0.2, -0.15) is 0 Å². The number of quaternary nitrogens is 1. The summed E-state index contributed by atoms with van der Waals surface area (Å²) in [5.74, 6) is 1.67. The van der Waals surface area contributed by atoms with E-state index in [1.54, 1.807) is 0 Å². The number of carbonyl (C=O) groups excluding carboxylic acids is 2. The molecule has 5 rings (SSSR count). The van der Waals surface area contributed by atoms with Gasteiger partial charge < -0.3 is 14.8 Å². The van der Waals surface area contributed by atoms with Gasteiger partial charge in [0.25, 0.3) is 0 Å². The van der Waals surface area contributed by atoms with E-state index < -0.39 is 0 Å². The molecule has 1 aliphatic heterocycles. The van der Waals surface area contributed by atoms with Crippen LogP contribution in [0.2, 0.25) is 0 Å². The first-order valence-corrected chi connectivity index (χ1v) is 17.8. The van der Waals surface area contributed by atoms with Crippen LogP contribution in [0.1, 0.15) is 86.3 Å². The highest BCUT2D eigenvalue weighted by molar-refractivity contribution is 6.09. The maximum absolute atomic E-state index is 13.4. The summed E-state index contributed by atoms with van der Waals surface area (Å²) in [6.07, 6.45) is 7.16. The van der Waals surface area contributed by atoms with Crippen molar-refractivity contribution in [2.24, 2.45) is 0 Å². The van der Waals surface area contributed by atoms with Crippen molar-refractivity contribution in [2.45, 2.75) is 72.3 Å². The van der Waals surface area contributed by atoms with Crippen LogP contribution in [0.25, 0.3) is 0 Å². The lowest BCUT2D eigenvalue weighted by molar-refractivity contribution is -0.118. The third-order valence-corrected chi connectivity index (χ3v) is 8.82. The highest BCUT2D eigenvalue weighted by atomic mass is 16.5. The summed E-state index contributed by atoms with van der Waals surface area (Å²) in [4.78, 5) is 26.6. The van der Waals surface area contributed by atoms with Crippen LogP contribution in [-0.2, 0) is 17.8 Å². The Morgan fingerprint density at radius 1 is 0.694 bits per heavy atom. The second kappa shape index (κ2) is 18.8. The number of rotatable bonds is 16. The van der Waals surface area contributed by atoms with E-state index >= 15 is 0 Å². The van der Waals surface area contributed by atoms with E-state index in [1.165, 1.54) is 0 Å². The number of nitrogens with zero attached hydrogens (tertiary/aromatic N) is 1. The molecule has 0 saturated carbocycles. The van der Waals surface area contributed by atoms with Crippen molar-refractivity contribution in [1.82, 2.24) is 9.80 Å². The number of hydrogen-bond donors (Lipinski definition) is 1. The van der Waals surface area contributed by atoms with Crippen molar-refractivity contribution in [2.75, 3.05) is 27.2 Å². The zero-order valence-electron chi connectivity index (χ0n) is 30.0. The van der Waals surface area contributed by atoms with Crippen molar-refractivity contribution >= 4 is 17.4 Å². The number of carbonyl (C=O) groups is 2. The standard InChI is InChI=1S/C41H46N2O4.C2H6/c1-31-28-34-20-21-35(40(44)33-18-12-9-13-19-33)29-38(34)43(2,3)39(31)41(45)42-26-14-6-4-5-7-15-27-46-36-22-24-37(25-23-36)47-30-32-16-10-8-11-17-32;1-2/h8-13,16-25,29H,4-7,14-15,26-28,30H2,1-3H3;1-2H3/p+1. The van der Waals surface area contributed by atoms with Gasteiger partial charge >= 0.3 is 5.91 Å². The molecule has 4 aromatic rings. The van der Waals surface area contributed by atoms with Crippen LogP contribution in [0.4, 0.5) is 5.69 Å². The van der Waals surface area contributed by atoms with Gasteiger partial charge in [-0.05, 0) is 55.2 Å². The molecule has 1 aliphatic rings. The first-order valence-electron chi connectivity index (χ1n) is 17.8. The van der Waals surface area contributed by atoms with E-state index in [2.05, 4.69) is 17.4 Å². The maximum atomic E-state index is 13.4. The Kier molecular flexibility index (Phi) is 14.2. The fourth-order valence-electron chi connectivity index (χ4n) is 6.33. The van der Waals surface area contributed by atoms with Crippen LogP contribution in [0.3, 0.4) is 0 Å². The number of hydrogen-bond acceptors (Lipinski definition) is 4. The van der Waals surface area contributed by atoms with E-state index in [1.807, 2.05) is 126 Å². The topological polar surface area (TPSA) is 64.6 Å². The van der Waals surface area contributed by atoms with E-state index in [9.17, 15) is 9.59 Å². The third-order valence-electron chi connectivity index (χ3n) is 8.82. The minimum atomic E-state index is -0.0223. The van der Waals surface area contributed by atoms with Crippen molar-refractivity contribution in [1.29, 1.82) is 0 Å². The Bertz CT molecular complexity index is 1660. The summed E-state index contributed by atoms with van der Waals surface area (Å²) in [5, 5.41) is 3.17. The molecule has 0 bridgehead atoms. The summed E-state index contributed by atoms with van der Waals surface area (Å²) in [6.45, 7) is 7.95. The molecule has 0 saturated heterocycles. The summed E-state index contributed by atoms with van der Waals surface area (Å²) >= 11 is 0. The molecule has 49 heavy (non-hydrogen) atoms. The zero-order valence-corrected chi connectivity index (χ0v) is 30.0. The Morgan fingerprint density at radius 3 is 1.96 bits per heavy atom. The number of amides is 1. The predicted octanol–water partition coefficient (Wildman–Crippen LogP) is 9.46. The Hall–Kier alpha value is -4.68. The molecule has 0 radical (unpaired) electrons. The Morgan fingerprint density at radius 2 is 1.29 bits per heavy atom. The van der Waals surface area contributed by atoms with Crippen LogP contribution in [0, 0.1) is 0 Å². The molecule has 0 fully saturated rings. The second-order valence-corrected chi connectivity index (χ2v) is 12.8. The third kappa shape index (κ3) is 10.4. The second-order valence-electron chi connectivity index (χ2n) is 12.8. The van der Waals surface area contributed by atoms with Crippen LogP contribution in [0.5, 0.6) is 11.5 Å². The number of nitrogens with one attached hydrogen (secondary N) is 1. The predicted molar refractivity (Wildman–Crippen MR) is 201 cm³/mol. The molecule has 0 spiro atoms. The molecular weight excluding hydrogens is 608 g/mol. The quantitative estimate of drug-likeness (QED) is 0.0738. The SMILES string of the molecule is CC.CC1=C(C(=O)NCCCCCCCCOc2ccc(OCc3ccccc3)cc2)[N+](C)(C)c2cc(C(=O)c3ccccc3)ccc2C1.